The van der Waals surface area contributed by atoms with Gasteiger partial charge in [0.25, 0.3) is 0 Å². The van der Waals surface area contributed by atoms with Gasteiger partial charge in [-0.15, -0.1) is 4.91 Å². The third kappa shape index (κ3) is 2.52. The van der Waals surface area contributed by atoms with Crippen LogP contribution in [0.2, 0.25) is 0 Å². The summed E-state index contributed by atoms with van der Waals surface area (Å²) in [4.78, 5) is 32.5. The quantitative estimate of drug-likeness (QED) is 0.761. The van der Waals surface area contributed by atoms with E-state index in [1.54, 1.807) is 6.20 Å². The molecule has 0 unspecified atom stereocenters. The van der Waals surface area contributed by atoms with Crippen molar-refractivity contribution in [2.45, 2.75) is 32.6 Å². The van der Waals surface area contributed by atoms with E-state index < -0.39 is 5.91 Å². The van der Waals surface area contributed by atoms with Crippen LogP contribution in [0, 0.1) is 4.91 Å². The minimum Gasteiger partial charge on any atom is -0.368 e. The van der Waals surface area contributed by atoms with Gasteiger partial charge in [0.1, 0.15) is 5.82 Å². The molecular formula is C12H16N4O2. The van der Waals surface area contributed by atoms with Crippen molar-refractivity contribution in [3.63, 3.8) is 0 Å². The van der Waals surface area contributed by atoms with Crippen molar-refractivity contribution < 1.29 is 4.79 Å². The van der Waals surface area contributed by atoms with Crippen LogP contribution in [0.3, 0.4) is 0 Å². The second-order valence-corrected chi connectivity index (χ2v) is 4.36. The molecular weight excluding hydrogens is 232 g/mol. The zero-order valence-corrected chi connectivity index (χ0v) is 10.4. The number of anilines is 1. The van der Waals surface area contributed by atoms with Gasteiger partial charge in [0.05, 0.1) is 11.9 Å². The van der Waals surface area contributed by atoms with Crippen LogP contribution in [-0.2, 0) is 6.42 Å². The van der Waals surface area contributed by atoms with E-state index in [1.807, 2.05) is 11.8 Å². The summed E-state index contributed by atoms with van der Waals surface area (Å²) in [5.74, 6) is -0.218. The first-order valence-electron chi connectivity index (χ1n) is 6.24. The first-order valence-corrected chi connectivity index (χ1v) is 6.24. The number of aryl methyl sites for hydroxylation is 1. The number of hydrogen-bond donors (Lipinski definition) is 0. The lowest BCUT2D eigenvalue weighted by molar-refractivity contribution is 0.0996. The molecule has 1 saturated heterocycles. The summed E-state index contributed by atoms with van der Waals surface area (Å²) >= 11 is 0. The number of carbonyl (C=O) groups is 1. The largest absolute Gasteiger partial charge is 0.368 e. The van der Waals surface area contributed by atoms with Crippen LogP contribution in [0.4, 0.5) is 5.69 Å². The zero-order chi connectivity index (χ0) is 13.0. The van der Waals surface area contributed by atoms with Gasteiger partial charge in [0.2, 0.25) is 0 Å². The molecule has 0 bridgehead atoms. The maximum atomic E-state index is 11.6. The molecule has 1 aliphatic heterocycles. The minimum absolute atomic E-state index is 0.144. The number of aromatic nitrogens is 2. The Kier molecular flexibility index (Phi) is 3.96. The van der Waals surface area contributed by atoms with Gasteiger partial charge in [-0.2, -0.15) is 0 Å². The molecule has 0 radical (unpaired) electrons. The van der Waals surface area contributed by atoms with Crippen molar-refractivity contribution in [2.75, 3.05) is 18.0 Å². The van der Waals surface area contributed by atoms with E-state index in [4.69, 9.17) is 0 Å². The zero-order valence-electron chi connectivity index (χ0n) is 10.4. The third-order valence-electron chi connectivity index (χ3n) is 3.03. The Labute approximate surface area is 105 Å². The Balaban J connectivity index is 2.37. The van der Waals surface area contributed by atoms with E-state index in [0.717, 1.165) is 32.4 Å². The fourth-order valence-electron chi connectivity index (χ4n) is 2.15. The van der Waals surface area contributed by atoms with Crippen molar-refractivity contribution >= 4 is 11.6 Å². The molecule has 0 saturated carbocycles. The Morgan fingerprint density at radius 2 is 2.17 bits per heavy atom. The number of amides is 1. The van der Waals surface area contributed by atoms with E-state index in [1.165, 1.54) is 0 Å². The van der Waals surface area contributed by atoms with Crippen LogP contribution >= 0.6 is 0 Å². The first-order chi connectivity index (χ1) is 8.76. The van der Waals surface area contributed by atoms with Gasteiger partial charge in [-0.25, -0.2) is 9.97 Å². The maximum absolute atomic E-state index is 11.6. The monoisotopic (exact) mass is 248 g/mol. The predicted molar refractivity (Wildman–Crippen MR) is 67.6 cm³/mol. The van der Waals surface area contributed by atoms with Crippen LogP contribution in [0.25, 0.3) is 0 Å². The third-order valence-corrected chi connectivity index (χ3v) is 3.03. The molecule has 1 amide bonds. The first kappa shape index (κ1) is 12.6. The van der Waals surface area contributed by atoms with Gasteiger partial charge in [0.15, 0.2) is 5.69 Å². The van der Waals surface area contributed by atoms with Crippen molar-refractivity contribution in [2.24, 2.45) is 5.18 Å². The standard InChI is InChI=1S/C12H16N4O2/c1-2-5-10-13-8-9(16-6-3-4-7-16)11(14-10)12(17)15-18/h8H,2-7H2,1H3. The summed E-state index contributed by atoms with van der Waals surface area (Å²) in [6.45, 7) is 3.75. The van der Waals surface area contributed by atoms with Gasteiger partial charge < -0.3 is 4.90 Å². The fourth-order valence-corrected chi connectivity index (χ4v) is 2.15. The van der Waals surface area contributed by atoms with Gasteiger partial charge in [-0.05, 0) is 19.3 Å². The van der Waals surface area contributed by atoms with Crippen LogP contribution in [-0.4, -0.2) is 29.0 Å². The average Bonchev–Trinajstić information content (AvgIpc) is 2.92. The number of hydrogen-bond acceptors (Lipinski definition) is 5. The lowest BCUT2D eigenvalue weighted by Gasteiger charge is -2.18. The van der Waals surface area contributed by atoms with Crippen molar-refractivity contribution in [1.29, 1.82) is 0 Å². The summed E-state index contributed by atoms with van der Waals surface area (Å²) in [5.41, 5.74) is 0.780. The van der Waals surface area contributed by atoms with Crippen molar-refractivity contribution in [3.8, 4) is 0 Å². The van der Waals surface area contributed by atoms with Crippen LogP contribution in [0.15, 0.2) is 11.4 Å². The SMILES string of the molecule is CCCc1ncc(N2CCCC2)c(C(=O)N=O)n1. The Bertz CT molecular complexity index is 455. The highest BCUT2D eigenvalue weighted by Gasteiger charge is 2.22. The Hall–Kier alpha value is -1.85. The molecule has 2 heterocycles. The molecule has 0 aromatic carbocycles. The van der Waals surface area contributed by atoms with E-state index in [2.05, 4.69) is 15.1 Å². The van der Waals surface area contributed by atoms with E-state index >= 15 is 0 Å². The summed E-state index contributed by atoms with van der Waals surface area (Å²) < 4.78 is 0. The predicted octanol–water partition coefficient (Wildman–Crippen LogP) is 1.94. The molecule has 0 spiro atoms. The molecule has 2 rings (SSSR count). The molecule has 1 fully saturated rings. The summed E-state index contributed by atoms with van der Waals surface area (Å²) in [5, 5.41) is 2.49. The van der Waals surface area contributed by atoms with Crippen molar-refractivity contribution in [3.05, 3.63) is 22.6 Å². The van der Waals surface area contributed by atoms with Crippen LogP contribution < -0.4 is 4.90 Å². The lowest BCUT2D eigenvalue weighted by Crippen LogP contribution is -2.22. The molecule has 0 aliphatic carbocycles. The molecule has 6 heteroatoms. The molecule has 1 aromatic heterocycles. The second-order valence-electron chi connectivity index (χ2n) is 4.36. The molecule has 1 aliphatic rings. The van der Waals surface area contributed by atoms with Gasteiger partial charge >= 0.3 is 5.91 Å². The van der Waals surface area contributed by atoms with E-state index in [0.29, 0.717) is 17.9 Å². The van der Waals surface area contributed by atoms with Gasteiger partial charge in [-0.3, -0.25) is 4.79 Å². The van der Waals surface area contributed by atoms with Gasteiger partial charge in [0, 0.05) is 24.7 Å². The summed E-state index contributed by atoms with van der Waals surface area (Å²) in [6.07, 6.45) is 5.39. The fraction of sp³-hybridized carbons (Fsp3) is 0.583. The van der Waals surface area contributed by atoms with Crippen molar-refractivity contribution in [1.82, 2.24) is 9.97 Å². The lowest BCUT2D eigenvalue weighted by atomic mass is 10.2. The number of rotatable bonds is 4. The maximum Gasteiger partial charge on any atom is 0.337 e. The molecule has 0 N–H and O–H groups in total. The Morgan fingerprint density at radius 3 is 2.78 bits per heavy atom. The number of nitroso groups, excluding NO2 is 1. The summed E-state index contributed by atoms with van der Waals surface area (Å²) in [6, 6.07) is 0. The van der Waals surface area contributed by atoms with E-state index in [-0.39, 0.29) is 5.69 Å². The molecule has 0 atom stereocenters. The average molecular weight is 248 g/mol. The van der Waals surface area contributed by atoms with Crippen LogP contribution in [0.5, 0.6) is 0 Å². The number of nitrogens with zero attached hydrogens (tertiary/aromatic N) is 4. The smallest absolute Gasteiger partial charge is 0.337 e. The summed E-state index contributed by atoms with van der Waals surface area (Å²) in [7, 11) is 0. The normalized spacial score (nSPS) is 14.8. The Morgan fingerprint density at radius 1 is 1.44 bits per heavy atom. The van der Waals surface area contributed by atoms with E-state index in [9.17, 15) is 9.70 Å². The highest BCUT2D eigenvalue weighted by Crippen LogP contribution is 2.23. The minimum atomic E-state index is -0.809. The molecule has 96 valence electrons. The highest BCUT2D eigenvalue weighted by molar-refractivity contribution is 5.98. The molecule has 1 aromatic rings. The topological polar surface area (TPSA) is 75.5 Å². The molecule has 18 heavy (non-hydrogen) atoms. The highest BCUT2D eigenvalue weighted by atomic mass is 16.3. The van der Waals surface area contributed by atoms with Crippen LogP contribution in [0.1, 0.15) is 42.5 Å². The van der Waals surface area contributed by atoms with Gasteiger partial charge in [-0.1, -0.05) is 6.92 Å². The number of carbonyl (C=O) groups excluding carboxylic acids is 1. The second kappa shape index (κ2) is 5.66. The molecule has 6 nitrogen and oxygen atoms in total.